The lowest BCUT2D eigenvalue weighted by atomic mass is 9.82. The number of nitrogens with zero attached hydrogens (tertiary/aromatic N) is 3. The average Bonchev–Trinajstić information content (AvgIpc) is 1.73. The van der Waals surface area contributed by atoms with Crippen LogP contribution in [0.15, 0.2) is 480 Å². The molecule has 0 fully saturated rings. The number of benzene rings is 24. The lowest BCUT2D eigenvalue weighted by molar-refractivity contribution is 0.660. The lowest BCUT2D eigenvalue weighted by Crippen LogP contribution is -2.16. The van der Waals surface area contributed by atoms with Gasteiger partial charge in [0, 0.05) is 171 Å². The normalized spacial score (nSPS) is 12.5. The number of para-hydroxylation sites is 3. The average molecular weight is 1920 g/mol. The summed E-state index contributed by atoms with van der Waals surface area (Å²) in [6.07, 6.45) is 0. The third kappa shape index (κ3) is 13.3. The van der Waals surface area contributed by atoms with Gasteiger partial charge in [0.25, 0.3) is 0 Å². The molecule has 0 saturated carbocycles. The van der Waals surface area contributed by atoms with Gasteiger partial charge in [-0.25, -0.2) is 0 Å². The zero-order valence-electron chi connectivity index (χ0n) is 78.7. The van der Waals surface area contributed by atoms with Gasteiger partial charge < -0.3 is 28.0 Å². The van der Waals surface area contributed by atoms with Crippen molar-refractivity contribution in [3.05, 3.63) is 478 Å². The predicted octanol–water partition coefficient (Wildman–Crippen LogP) is 41.5. The molecule has 6 nitrogen and oxygen atoms in total. The molecule has 31 aromatic rings. The summed E-state index contributed by atoms with van der Waals surface area (Å²) >= 11 is 7.49. The number of hydrogen-bond donors (Lipinski definition) is 0. The quantitative estimate of drug-likeness (QED) is 0.127. The van der Waals surface area contributed by atoms with Crippen LogP contribution < -0.4 is 14.7 Å². The number of rotatable bonds is 10. The summed E-state index contributed by atoms with van der Waals surface area (Å²) in [6.45, 7) is 4.72. The lowest BCUT2D eigenvalue weighted by Gasteiger charge is -2.28. The molecule has 1 aliphatic rings. The van der Waals surface area contributed by atoms with Gasteiger partial charge in [0.15, 0.2) is 0 Å². The van der Waals surface area contributed by atoms with Gasteiger partial charge in [0.05, 0.1) is 10.4 Å². The minimum Gasteiger partial charge on any atom is -0.456 e. The van der Waals surface area contributed by atoms with E-state index in [0.29, 0.717) is 0 Å². The monoisotopic (exact) mass is 1920 g/mol. The highest BCUT2D eigenvalue weighted by Gasteiger charge is 2.37. The molecule has 0 atom stereocenters. The molecule has 0 bridgehead atoms. The van der Waals surface area contributed by atoms with Crippen LogP contribution in [0.4, 0.5) is 51.2 Å². The Kier molecular flexibility index (Phi) is 18.8. The first-order chi connectivity index (χ1) is 71.6. The van der Waals surface area contributed by atoms with Crippen molar-refractivity contribution in [2.75, 3.05) is 14.7 Å². The Morgan fingerprint density at radius 3 is 1.03 bits per heavy atom. The molecular formula is C135H83N3O3S4. The third-order valence-corrected chi connectivity index (χ3v) is 34.9. The topological polar surface area (TPSA) is 49.1 Å². The van der Waals surface area contributed by atoms with E-state index in [1.165, 1.54) is 179 Å². The van der Waals surface area contributed by atoms with Gasteiger partial charge in [-0.05, 0) is 268 Å². The molecule has 10 heteroatoms. The highest BCUT2D eigenvalue weighted by Crippen LogP contribution is 2.55. The van der Waals surface area contributed by atoms with E-state index in [1.54, 1.807) is 0 Å². The molecule has 0 spiro atoms. The van der Waals surface area contributed by atoms with Crippen LogP contribution >= 0.6 is 45.3 Å². The van der Waals surface area contributed by atoms with E-state index in [1.807, 2.05) is 81.7 Å². The summed E-state index contributed by atoms with van der Waals surface area (Å²) in [5.41, 5.74) is 23.1. The van der Waals surface area contributed by atoms with Crippen LogP contribution in [0.3, 0.4) is 0 Å². The minimum absolute atomic E-state index is 0.0873. The van der Waals surface area contributed by atoms with E-state index < -0.39 is 0 Å². The van der Waals surface area contributed by atoms with E-state index in [2.05, 4.69) is 459 Å². The molecule has 0 unspecified atom stereocenters. The fraction of sp³-hybridized carbons (Fsp3) is 0.0222. The SMILES string of the molecule is CC1(C)c2ccccc2-c2ccc(N(c3ccc(-c4ccccc4)cc3)c3ccc4ccc5ccc6sc7ccccc7c6c5c4c3)cc21.c1ccc2c(c1)oc1cc(N(c3ccc4ccc5ccc6sc7ccccc7c6c5c4c3)c3cccc4c3sc3ccccc34)ccc12.c1ccc2c(c1)oc1cc(N(c3ccc4oc5ccccc5c4c3)c3ccc4ccc5ccc6sc7ccccc7c6c5c4c3)ccc12. The molecule has 0 amide bonds. The molecule has 1 aliphatic carbocycles. The van der Waals surface area contributed by atoms with Gasteiger partial charge in [0.1, 0.15) is 33.5 Å². The summed E-state index contributed by atoms with van der Waals surface area (Å²) in [7, 11) is 0. The van der Waals surface area contributed by atoms with Crippen LogP contribution in [0.25, 0.3) is 233 Å². The Morgan fingerprint density at radius 1 is 0.179 bits per heavy atom. The molecule has 0 aliphatic heterocycles. The second kappa shape index (κ2) is 32.8. The van der Waals surface area contributed by atoms with Crippen LogP contribution in [-0.2, 0) is 5.41 Å². The first kappa shape index (κ1) is 83.3. The molecule has 680 valence electrons. The van der Waals surface area contributed by atoms with Crippen LogP contribution in [0, 0.1) is 0 Å². The van der Waals surface area contributed by atoms with Gasteiger partial charge in [-0.1, -0.05) is 299 Å². The molecule has 32 rings (SSSR count). The smallest absolute Gasteiger partial charge is 0.137 e. The maximum Gasteiger partial charge on any atom is 0.137 e. The first-order valence-corrected chi connectivity index (χ1v) is 52.6. The van der Waals surface area contributed by atoms with Crippen LogP contribution in [0.2, 0.25) is 0 Å². The summed E-state index contributed by atoms with van der Waals surface area (Å²) < 4.78 is 29.6. The van der Waals surface area contributed by atoms with Crippen molar-refractivity contribution in [3.8, 4) is 22.3 Å². The van der Waals surface area contributed by atoms with E-state index in [9.17, 15) is 0 Å². The summed E-state index contributed by atoms with van der Waals surface area (Å²) in [6, 6.07) is 170. The first-order valence-electron chi connectivity index (χ1n) is 49.3. The summed E-state index contributed by atoms with van der Waals surface area (Å²) in [5, 5.41) is 32.5. The zero-order chi connectivity index (χ0) is 95.4. The van der Waals surface area contributed by atoms with Gasteiger partial charge in [-0.3, -0.25) is 0 Å². The van der Waals surface area contributed by atoms with E-state index in [4.69, 9.17) is 13.3 Å². The molecular weight excluding hydrogens is 1840 g/mol. The fourth-order valence-corrected chi connectivity index (χ4v) is 28.1. The van der Waals surface area contributed by atoms with Crippen molar-refractivity contribution >= 4 is 308 Å². The largest absolute Gasteiger partial charge is 0.456 e. The Morgan fingerprint density at radius 2 is 0.510 bits per heavy atom. The van der Waals surface area contributed by atoms with Crippen molar-refractivity contribution in [3.63, 3.8) is 0 Å². The number of anilines is 9. The number of furan rings is 3. The van der Waals surface area contributed by atoms with Crippen LogP contribution in [0.5, 0.6) is 0 Å². The fourth-order valence-electron chi connectivity index (χ4n) is 23.5. The predicted molar refractivity (Wildman–Crippen MR) is 625 cm³/mol. The highest BCUT2D eigenvalue weighted by molar-refractivity contribution is 7.27. The van der Waals surface area contributed by atoms with Crippen molar-refractivity contribution in [1.29, 1.82) is 0 Å². The Labute approximate surface area is 848 Å². The highest BCUT2D eigenvalue weighted by atomic mass is 32.1. The maximum atomic E-state index is 6.44. The molecule has 7 heterocycles. The van der Waals surface area contributed by atoms with Gasteiger partial charge >= 0.3 is 0 Å². The van der Waals surface area contributed by atoms with Crippen molar-refractivity contribution in [1.82, 2.24) is 0 Å². The maximum absolute atomic E-state index is 6.44. The third-order valence-electron chi connectivity index (χ3n) is 30.3. The Hall–Kier alpha value is -17.5. The van der Waals surface area contributed by atoms with E-state index in [-0.39, 0.29) is 5.41 Å². The molecule has 0 radical (unpaired) electrons. The molecule has 145 heavy (non-hydrogen) atoms. The number of fused-ring (bicyclic) bond motifs is 36. The van der Waals surface area contributed by atoms with Crippen LogP contribution in [0.1, 0.15) is 25.0 Å². The number of hydrogen-bond acceptors (Lipinski definition) is 10. The van der Waals surface area contributed by atoms with Crippen molar-refractivity contribution in [2.45, 2.75) is 19.3 Å². The second-order valence-corrected chi connectivity index (χ2v) is 43.0. The van der Waals surface area contributed by atoms with E-state index >= 15 is 0 Å². The summed E-state index contributed by atoms with van der Waals surface area (Å²) in [4.78, 5) is 7.21. The molecule has 0 saturated heterocycles. The number of thiophene rings is 4. The van der Waals surface area contributed by atoms with Crippen molar-refractivity contribution < 1.29 is 13.3 Å². The van der Waals surface area contributed by atoms with Crippen molar-refractivity contribution in [2.24, 2.45) is 0 Å². The van der Waals surface area contributed by atoms with Gasteiger partial charge in [-0.2, -0.15) is 0 Å². The second-order valence-electron chi connectivity index (χ2n) is 38.7. The minimum atomic E-state index is -0.0873. The van der Waals surface area contributed by atoms with Gasteiger partial charge in [0.2, 0.25) is 0 Å². The molecule has 7 aromatic heterocycles. The zero-order valence-corrected chi connectivity index (χ0v) is 81.9. The Bertz CT molecular complexity index is 10800. The Balaban J connectivity index is 0.000000101. The van der Waals surface area contributed by atoms with Gasteiger partial charge in [-0.15, -0.1) is 45.3 Å². The standard InChI is InChI=1S/C47H33NS.C44H25NO2S.C44H25NOS2/c1-47(2)41-14-8-6-12-37(41)38-26-25-36(29-42(38)47)48(34-22-18-31(19-23-34)30-10-4-3-5-11-30)35-24-20-32-16-17-33-21-27-44-46(45(33)40(32)28-35)39-13-7-9-15-43(39)49-44;1-4-10-37-31(7-1)33-20-18-30(25-40(33)47-37)45(29-19-21-39-36(24-29)32-8-2-5-11-38(32)46-39)28-17-15-26-13-14-27-16-22-42-44(43(27)35(26)23-28)34-9-3-6-12-41(34)48-42;1-4-13-37-30(8-1)31-22-21-29(25-38(31)46-37)45(36-12-7-11-33-32-9-2-5-14-39(32)48-44(33)36)28-20-18-26-16-17-27-19-23-41-43(42(27)35(26)24-28)34-10-3-6-15-40(34)47-41/h3-29H,1-2H3;2*1-25H. The van der Waals surface area contributed by atoms with Crippen LogP contribution in [-0.4, -0.2) is 0 Å². The molecule has 24 aromatic carbocycles. The summed E-state index contributed by atoms with van der Waals surface area (Å²) in [5.74, 6) is 0. The van der Waals surface area contributed by atoms with E-state index in [0.717, 1.165) is 117 Å². The molecule has 0 N–H and O–H groups in total.